The Morgan fingerprint density at radius 2 is 1.73 bits per heavy atom. The summed E-state index contributed by atoms with van der Waals surface area (Å²) >= 11 is 0. The molecule has 33 heavy (non-hydrogen) atoms. The number of para-hydroxylation sites is 1. The van der Waals surface area contributed by atoms with Crippen molar-refractivity contribution in [3.05, 3.63) is 102 Å². The maximum absolute atomic E-state index is 5.49. The molecule has 0 saturated heterocycles. The van der Waals surface area contributed by atoms with Gasteiger partial charge in [-0.05, 0) is 54.9 Å². The van der Waals surface area contributed by atoms with E-state index in [0.717, 1.165) is 47.8 Å². The van der Waals surface area contributed by atoms with Crippen LogP contribution in [-0.4, -0.2) is 29.4 Å². The Kier molecular flexibility index (Phi) is 7.72. The van der Waals surface area contributed by atoms with Crippen molar-refractivity contribution >= 4 is 16.9 Å². The van der Waals surface area contributed by atoms with Gasteiger partial charge in [-0.3, -0.25) is 9.88 Å². The molecule has 0 unspecified atom stereocenters. The van der Waals surface area contributed by atoms with Crippen LogP contribution in [0.2, 0.25) is 0 Å². The zero-order valence-corrected chi connectivity index (χ0v) is 19.3. The molecule has 2 heterocycles. The highest BCUT2D eigenvalue weighted by Gasteiger charge is 2.09. The summed E-state index contributed by atoms with van der Waals surface area (Å²) in [6, 6.07) is 22.7. The van der Waals surface area contributed by atoms with Gasteiger partial charge in [-0.25, -0.2) is 4.99 Å². The molecular formula is C27H31N5O. The van der Waals surface area contributed by atoms with Crippen molar-refractivity contribution in [3.63, 3.8) is 0 Å². The molecule has 4 aromatic rings. The minimum Gasteiger partial charge on any atom is -0.468 e. The maximum atomic E-state index is 5.49. The Bertz CT molecular complexity index is 1180. The van der Waals surface area contributed by atoms with Gasteiger partial charge in [0.2, 0.25) is 0 Å². The third kappa shape index (κ3) is 6.20. The van der Waals surface area contributed by atoms with Crippen LogP contribution in [0.4, 0.5) is 0 Å². The predicted octanol–water partition coefficient (Wildman–Crippen LogP) is 4.72. The molecule has 0 bridgehead atoms. The molecule has 0 aliphatic rings. The first-order valence-corrected chi connectivity index (χ1v) is 11.4. The van der Waals surface area contributed by atoms with E-state index in [-0.39, 0.29) is 0 Å². The highest BCUT2D eigenvalue weighted by atomic mass is 16.3. The van der Waals surface area contributed by atoms with Crippen molar-refractivity contribution in [2.24, 2.45) is 4.99 Å². The first-order chi connectivity index (χ1) is 16.2. The molecule has 2 aromatic carbocycles. The lowest BCUT2D eigenvalue weighted by Crippen LogP contribution is -2.37. The summed E-state index contributed by atoms with van der Waals surface area (Å²) in [5, 5.41) is 8.01. The standard InChI is InChI=1S/C27H31N5O/c1-3-28-27(31-18-22-14-15-29-26-13-7-6-12-25(22)26)30-17-21-9-4-5-10-23(21)19-32(2)20-24-11-8-16-33-24/h4-16H,3,17-20H2,1-2H3,(H2,28,30,31). The van der Waals surface area contributed by atoms with E-state index in [1.165, 1.54) is 11.1 Å². The van der Waals surface area contributed by atoms with Gasteiger partial charge < -0.3 is 15.1 Å². The molecule has 0 fully saturated rings. The molecule has 0 spiro atoms. The second-order valence-corrected chi connectivity index (χ2v) is 8.06. The van der Waals surface area contributed by atoms with Crippen LogP contribution in [0.15, 0.2) is 88.6 Å². The van der Waals surface area contributed by atoms with Gasteiger partial charge in [0.05, 0.1) is 24.9 Å². The Morgan fingerprint density at radius 3 is 2.55 bits per heavy atom. The molecule has 0 aliphatic heterocycles. The molecule has 0 aliphatic carbocycles. The van der Waals surface area contributed by atoms with Gasteiger partial charge in [-0.2, -0.15) is 0 Å². The Labute approximate surface area is 195 Å². The molecule has 2 aromatic heterocycles. The van der Waals surface area contributed by atoms with E-state index < -0.39 is 0 Å². The van der Waals surface area contributed by atoms with E-state index in [0.29, 0.717) is 13.1 Å². The first kappa shape index (κ1) is 22.6. The molecule has 4 rings (SSSR count). The van der Waals surface area contributed by atoms with Crippen molar-refractivity contribution in [2.45, 2.75) is 33.1 Å². The number of hydrogen-bond donors (Lipinski definition) is 2. The lowest BCUT2D eigenvalue weighted by molar-refractivity contribution is 0.287. The summed E-state index contributed by atoms with van der Waals surface area (Å²) in [6.45, 7) is 5.79. The second-order valence-electron chi connectivity index (χ2n) is 8.06. The number of aromatic nitrogens is 1. The fourth-order valence-corrected chi connectivity index (χ4v) is 3.88. The summed E-state index contributed by atoms with van der Waals surface area (Å²) < 4.78 is 5.49. The molecule has 0 amide bonds. The van der Waals surface area contributed by atoms with E-state index >= 15 is 0 Å². The SMILES string of the molecule is CCNC(=NCc1ccnc2ccccc12)NCc1ccccc1CN(C)Cc1ccco1. The van der Waals surface area contributed by atoms with Crippen LogP contribution in [-0.2, 0) is 26.2 Å². The van der Waals surface area contributed by atoms with Crippen LogP contribution in [0.1, 0.15) is 29.4 Å². The fraction of sp³-hybridized carbons (Fsp3) is 0.259. The summed E-state index contributed by atoms with van der Waals surface area (Å²) in [7, 11) is 2.11. The highest BCUT2D eigenvalue weighted by Crippen LogP contribution is 2.17. The molecule has 170 valence electrons. The summed E-state index contributed by atoms with van der Waals surface area (Å²) in [6.07, 6.45) is 3.57. The van der Waals surface area contributed by atoms with E-state index in [2.05, 4.69) is 64.8 Å². The van der Waals surface area contributed by atoms with Crippen LogP contribution in [0.3, 0.4) is 0 Å². The van der Waals surface area contributed by atoms with Crippen molar-refractivity contribution < 1.29 is 4.42 Å². The molecule has 0 saturated carbocycles. The average Bonchev–Trinajstić information content (AvgIpc) is 3.34. The third-order valence-electron chi connectivity index (χ3n) is 5.50. The summed E-state index contributed by atoms with van der Waals surface area (Å²) in [5.41, 5.74) is 4.70. The zero-order chi connectivity index (χ0) is 22.9. The second kappa shape index (κ2) is 11.3. The van der Waals surface area contributed by atoms with Crippen LogP contribution >= 0.6 is 0 Å². The number of pyridine rings is 1. The molecule has 6 nitrogen and oxygen atoms in total. The van der Waals surface area contributed by atoms with Crippen molar-refractivity contribution in [2.75, 3.05) is 13.6 Å². The first-order valence-electron chi connectivity index (χ1n) is 11.4. The number of aliphatic imine (C=N–C) groups is 1. The van der Waals surface area contributed by atoms with E-state index in [1.807, 2.05) is 42.6 Å². The lowest BCUT2D eigenvalue weighted by Gasteiger charge is -2.19. The third-order valence-corrected chi connectivity index (χ3v) is 5.50. The number of nitrogens with zero attached hydrogens (tertiary/aromatic N) is 3. The average molecular weight is 442 g/mol. The Hall–Kier alpha value is -3.64. The minimum atomic E-state index is 0.589. The molecule has 0 radical (unpaired) electrons. The minimum absolute atomic E-state index is 0.589. The van der Waals surface area contributed by atoms with Gasteiger partial charge in [0.25, 0.3) is 0 Å². The van der Waals surface area contributed by atoms with Gasteiger partial charge in [0, 0.05) is 31.2 Å². The van der Waals surface area contributed by atoms with Gasteiger partial charge in [-0.15, -0.1) is 0 Å². The molecule has 2 N–H and O–H groups in total. The Balaban J connectivity index is 1.42. The molecular weight excluding hydrogens is 410 g/mol. The van der Waals surface area contributed by atoms with Crippen LogP contribution in [0, 0.1) is 0 Å². The topological polar surface area (TPSA) is 65.7 Å². The van der Waals surface area contributed by atoms with Crippen molar-refractivity contribution in [1.29, 1.82) is 0 Å². The van der Waals surface area contributed by atoms with Crippen LogP contribution in [0.25, 0.3) is 10.9 Å². The number of hydrogen-bond acceptors (Lipinski definition) is 4. The number of guanidine groups is 1. The zero-order valence-electron chi connectivity index (χ0n) is 19.3. The predicted molar refractivity (Wildman–Crippen MR) is 134 cm³/mol. The number of nitrogens with one attached hydrogen (secondary N) is 2. The monoisotopic (exact) mass is 441 g/mol. The van der Waals surface area contributed by atoms with E-state index in [1.54, 1.807) is 6.26 Å². The van der Waals surface area contributed by atoms with Gasteiger partial charge in [-0.1, -0.05) is 42.5 Å². The molecule has 0 atom stereocenters. The summed E-state index contributed by atoms with van der Waals surface area (Å²) in [5.74, 6) is 1.77. The lowest BCUT2D eigenvalue weighted by atomic mass is 10.1. The van der Waals surface area contributed by atoms with Crippen molar-refractivity contribution in [1.82, 2.24) is 20.5 Å². The van der Waals surface area contributed by atoms with Gasteiger partial charge >= 0.3 is 0 Å². The largest absolute Gasteiger partial charge is 0.468 e. The molecule has 6 heteroatoms. The van der Waals surface area contributed by atoms with Gasteiger partial charge in [0.1, 0.15) is 5.76 Å². The van der Waals surface area contributed by atoms with Crippen molar-refractivity contribution in [3.8, 4) is 0 Å². The van der Waals surface area contributed by atoms with Crippen LogP contribution in [0.5, 0.6) is 0 Å². The van der Waals surface area contributed by atoms with E-state index in [4.69, 9.17) is 9.41 Å². The highest BCUT2D eigenvalue weighted by molar-refractivity contribution is 5.83. The quantitative estimate of drug-likeness (QED) is 0.291. The Morgan fingerprint density at radius 1 is 0.909 bits per heavy atom. The number of rotatable bonds is 9. The number of fused-ring (bicyclic) bond motifs is 1. The van der Waals surface area contributed by atoms with Gasteiger partial charge in [0.15, 0.2) is 5.96 Å². The fourth-order valence-electron chi connectivity index (χ4n) is 3.88. The smallest absolute Gasteiger partial charge is 0.191 e. The number of benzene rings is 2. The normalized spacial score (nSPS) is 11.8. The number of furan rings is 1. The van der Waals surface area contributed by atoms with Crippen LogP contribution < -0.4 is 10.6 Å². The maximum Gasteiger partial charge on any atom is 0.191 e. The van der Waals surface area contributed by atoms with E-state index in [9.17, 15) is 0 Å². The summed E-state index contributed by atoms with van der Waals surface area (Å²) in [4.78, 5) is 11.5.